The topological polar surface area (TPSA) is 70.1 Å². The van der Waals surface area contributed by atoms with E-state index in [0.717, 1.165) is 16.2 Å². The van der Waals surface area contributed by atoms with E-state index < -0.39 is 10.0 Å². The van der Waals surface area contributed by atoms with Gasteiger partial charge in [0.05, 0.1) is 9.80 Å². The Morgan fingerprint density at radius 3 is 2.43 bits per heavy atom. The SMILES string of the molecule is CCN1C(=O)/C(=C/N(C)C)S/C1=N/S(=O)(=O)c1ccc(Br)cc1. The molecule has 1 fully saturated rings. The number of carbonyl (C=O) groups excluding carboxylic acids is 1. The molecule has 124 valence electrons. The monoisotopic (exact) mass is 417 g/mol. The molecule has 6 nitrogen and oxygen atoms in total. The van der Waals surface area contributed by atoms with Crippen LogP contribution in [-0.4, -0.2) is 49.9 Å². The summed E-state index contributed by atoms with van der Waals surface area (Å²) in [6.07, 6.45) is 1.66. The lowest BCUT2D eigenvalue weighted by Gasteiger charge is -2.12. The fraction of sp³-hybridized carbons (Fsp3) is 0.286. The predicted octanol–water partition coefficient (Wildman–Crippen LogP) is 2.49. The number of amides is 1. The molecule has 0 radical (unpaired) electrons. The fourth-order valence-electron chi connectivity index (χ4n) is 1.84. The molecule has 0 spiro atoms. The summed E-state index contributed by atoms with van der Waals surface area (Å²) < 4.78 is 29.5. The Morgan fingerprint density at radius 2 is 1.91 bits per heavy atom. The zero-order valence-corrected chi connectivity index (χ0v) is 16.1. The van der Waals surface area contributed by atoms with Crippen molar-refractivity contribution in [2.24, 2.45) is 4.40 Å². The van der Waals surface area contributed by atoms with Crippen molar-refractivity contribution in [1.29, 1.82) is 0 Å². The molecule has 23 heavy (non-hydrogen) atoms. The first-order valence-corrected chi connectivity index (χ1v) is 9.78. The summed E-state index contributed by atoms with van der Waals surface area (Å²) in [6, 6.07) is 6.21. The number of carbonyl (C=O) groups is 1. The Morgan fingerprint density at radius 1 is 1.30 bits per heavy atom. The highest BCUT2D eigenvalue weighted by molar-refractivity contribution is 9.10. The number of likely N-dealkylation sites (N-methyl/N-ethyl adjacent to an activating group) is 1. The number of thioether (sulfide) groups is 1. The number of rotatable bonds is 4. The van der Waals surface area contributed by atoms with E-state index in [0.29, 0.717) is 11.4 Å². The molecule has 1 aliphatic heterocycles. The smallest absolute Gasteiger partial charge is 0.284 e. The van der Waals surface area contributed by atoms with Crippen LogP contribution in [0.3, 0.4) is 0 Å². The van der Waals surface area contributed by atoms with Crippen LogP contribution in [0.25, 0.3) is 0 Å². The zero-order valence-electron chi connectivity index (χ0n) is 12.9. The highest BCUT2D eigenvalue weighted by Crippen LogP contribution is 2.32. The minimum absolute atomic E-state index is 0.0855. The second-order valence-electron chi connectivity index (χ2n) is 4.91. The average Bonchev–Trinajstić information content (AvgIpc) is 2.73. The molecule has 0 aliphatic carbocycles. The van der Waals surface area contributed by atoms with Crippen molar-refractivity contribution in [3.63, 3.8) is 0 Å². The van der Waals surface area contributed by atoms with Crippen molar-refractivity contribution in [2.75, 3.05) is 20.6 Å². The molecule has 0 atom stereocenters. The van der Waals surface area contributed by atoms with E-state index in [1.165, 1.54) is 17.0 Å². The predicted molar refractivity (Wildman–Crippen MR) is 95.5 cm³/mol. The third-order valence-corrected chi connectivity index (χ3v) is 5.81. The van der Waals surface area contributed by atoms with E-state index in [-0.39, 0.29) is 16.0 Å². The van der Waals surface area contributed by atoms with Gasteiger partial charge in [0.1, 0.15) is 0 Å². The van der Waals surface area contributed by atoms with Gasteiger partial charge in [0, 0.05) is 31.3 Å². The Bertz CT molecular complexity index is 771. The number of sulfonamides is 1. The zero-order chi connectivity index (χ0) is 17.2. The van der Waals surface area contributed by atoms with E-state index in [2.05, 4.69) is 20.3 Å². The third kappa shape index (κ3) is 4.15. The molecule has 1 aliphatic rings. The lowest BCUT2D eigenvalue weighted by atomic mass is 10.4. The first-order chi connectivity index (χ1) is 10.7. The molecule has 1 heterocycles. The highest BCUT2D eigenvalue weighted by atomic mass is 79.9. The Balaban J connectivity index is 2.41. The van der Waals surface area contributed by atoms with Crippen LogP contribution in [-0.2, 0) is 14.8 Å². The molecule has 9 heteroatoms. The molecule has 2 rings (SSSR count). The van der Waals surface area contributed by atoms with Crippen LogP contribution < -0.4 is 0 Å². The van der Waals surface area contributed by atoms with Gasteiger partial charge in [-0.2, -0.15) is 8.42 Å². The molecule has 0 bridgehead atoms. The maximum absolute atomic E-state index is 12.4. The van der Waals surface area contributed by atoms with E-state index in [1.807, 2.05) is 0 Å². The van der Waals surface area contributed by atoms with E-state index in [9.17, 15) is 13.2 Å². The van der Waals surface area contributed by atoms with E-state index in [1.54, 1.807) is 44.3 Å². The van der Waals surface area contributed by atoms with E-state index >= 15 is 0 Å². The molecule has 0 unspecified atom stereocenters. The second-order valence-corrected chi connectivity index (χ2v) is 8.44. The normalized spacial score (nSPS) is 19.0. The fourth-order valence-corrected chi connectivity index (χ4v) is 4.42. The number of halogens is 1. The molecule has 1 amide bonds. The second kappa shape index (κ2) is 7.06. The standard InChI is InChI=1S/C14H16BrN3O3S2/c1-4-18-13(19)12(9-17(2)3)22-14(18)16-23(20,21)11-7-5-10(15)6-8-11/h5-9H,4H2,1-3H3/b12-9-,16-14+. The minimum Gasteiger partial charge on any atom is -0.382 e. The summed E-state index contributed by atoms with van der Waals surface area (Å²) in [6.45, 7) is 2.13. The summed E-state index contributed by atoms with van der Waals surface area (Å²) in [5.74, 6) is -0.240. The number of hydrogen-bond donors (Lipinski definition) is 0. The molecule has 1 saturated heterocycles. The largest absolute Gasteiger partial charge is 0.382 e. The van der Waals surface area contributed by atoms with Crippen LogP contribution >= 0.6 is 27.7 Å². The maximum atomic E-state index is 12.4. The average molecular weight is 418 g/mol. The van der Waals surface area contributed by atoms with Gasteiger partial charge in [0.25, 0.3) is 15.9 Å². The number of hydrogen-bond acceptors (Lipinski definition) is 5. The lowest BCUT2D eigenvalue weighted by Crippen LogP contribution is -2.29. The molecule has 0 N–H and O–H groups in total. The summed E-state index contributed by atoms with van der Waals surface area (Å²) in [5, 5.41) is 0.175. The van der Waals surface area contributed by atoms with Crippen molar-refractivity contribution in [3.05, 3.63) is 39.8 Å². The van der Waals surface area contributed by atoms with Gasteiger partial charge in [0.2, 0.25) is 0 Å². The lowest BCUT2D eigenvalue weighted by molar-refractivity contribution is -0.122. The van der Waals surface area contributed by atoms with Crippen molar-refractivity contribution in [3.8, 4) is 0 Å². The van der Waals surface area contributed by atoms with E-state index in [4.69, 9.17) is 0 Å². The summed E-state index contributed by atoms with van der Waals surface area (Å²) in [5.41, 5.74) is 0. The van der Waals surface area contributed by atoms with Crippen LogP contribution in [0.15, 0.2) is 49.1 Å². The van der Waals surface area contributed by atoms with Crippen LogP contribution in [0, 0.1) is 0 Å². The molecule has 0 aromatic heterocycles. The number of nitrogens with zero attached hydrogens (tertiary/aromatic N) is 3. The van der Waals surface area contributed by atoms with Crippen molar-refractivity contribution in [1.82, 2.24) is 9.80 Å². The van der Waals surface area contributed by atoms with Crippen LogP contribution in [0.1, 0.15) is 6.92 Å². The van der Waals surface area contributed by atoms with Gasteiger partial charge in [-0.15, -0.1) is 4.40 Å². The molecular formula is C14H16BrN3O3S2. The van der Waals surface area contributed by atoms with Crippen molar-refractivity contribution >= 4 is 48.8 Å². The van der Waals surface area contributed by atoms with Crippen molar-refractivity contribution < 1.29 is 13.2 Å². The molecular weight excluding hydrogens is 402 g/mol. The summed E-state index contributed by atoms with van der Waals surface area (Å²) >= 11 is 4.32. The van der Waals surface area contributed by atoms with Crippen LogP contribution in [0.5, 0.6) is 0 Å². The Kier molecular flexibility index (Phi) is 5.53. The number of amidine groups is 1. The van der Waals surface area contributed by atoms with Crippen LogP contribution in [0.4, 0.5) is 0 Å². The van der Waals surface area contributed by atoms with Gasteiger partial charge in [-0.3, -0.25) is 9.69 Å². The molecule has 0 saturated carbocycles. The first kappa shape index (κ1) is 18.0. The van der Waals surface area contributed by atoms with Gasteiger partial charge >= 0.3 is 0 Å². The van der Waals surface area contributed by atoms with Crippen LogP contribution in [0.2, 0.25) is 0 Å². The number of benzene rings is 1. The van der Waals surface area contributed by atoms with Gasteiger partial charge in [-0.1, -0.05) is 15.9 Å². The summed E-state index contributed by atoms with van der Waals surface area (Å²) in [4.78, 5) is 15.9. The Hall–Kier alpha value is -1.32. The maximum Gasteiger partial charge on any atom is 0.284 e. The molecule has 1 aromatic carbocycles. The quantitative estimate of drug-likeness (QED) is 0.703. The molecule has 1 aromatic rings. The first-order valence-electron chi connectivity index (χ1n) is 6.73. The Labute approximate surface area is 148 Å². The van der Waals surface area contributed by atoms with Gasteiger partial charge in [0.15, 0.2) is 5.17 Å². The minimum atomic E-state index is -3.87. The third-order valence-electron chi connectivity index (χ3n) is 2.89. The summed E-state index contributed by atoms with van der Waals surface area (Å²) in [7, 11) is -0.274. The van der Waals surface area contributed by atoms with Gasteiger partial charge in [-0.05, 0) is 43.0 Å². The highest BCUT2D eigenvalue weighted by Gasteiger charge is 2.34. The van der Waals surface area contributed by atoms with Gasteiger partial charge < -0.3 is 4.90 Å². The van der Waals surface area contributed by atoms with Gasteiger partial charge in [-0.25, -0.2) is 0 Å². The van der Waals surface area contributed by atoms with Crippen molar-refractivity contribution in [2.45, 2.75) is 11.8 Å².